The minimum Gasteiger partial charge on any atom is -0.314 e. The molecule has 1 heterocycles. The third-order valence-corrected chi connectivity index (χ3v) is 2.78. The Hall–Kier alpha value is -0.960. The third-order valence-electron chi connectivity index (χ3n) is 1.99. The van der Waals surface area contributed by atoms with Gasteiger partial charge in [0.05, 0.1) is 0 Å². The van der Waals surface area contributed by atoms with Crippen LogP contribution in [0.5, 0.6) is 0 Å². The van der Waals surface area contributed by atoms with Crippen molar-refractivity contribution >= 4 is 17.8 Å². The predicted octanol–water partition coefficient (Wildman–Crippen LogP) is 2.20. The van der Waals surface area contributed by atoms with Gasteiger partial charge < -0.3 is 4.72 Å². The topological polar surface area (TPSA) is 24.4 Å². The van der Waals surface area contributed by atoms with Gasteiger partial charge in [-0.25, -0.2) is 0 Å². The fourth-order valence-electron chi connectivity index (χ4n) is 1.39. The highest BCUT2D eigenvalue weighted by atomic mass is 32.2. The number of fused-ring (bicyclic) bond motifs is 1. The summed E-state index contributed by atoms with van der Waals surface area (Å²) in [6.45, 7) is 2.88. The van der Waals surface area contributed by atoms with E-state index < -0.39 is 0 Å². The fourth-order valence-corrected chi connectivity index (χ4v) is 2.18. The number of amidine groups is 1. The molecule has 3 heteroatoms. The van der Waals surface area contributed by atoms with E-state index in [2.05, 4.69) is 40.9 Å². The molecule has 1 aliphatic heterocycles. The maximum Gasteiger partial charge on any atom is 0.138 e. The highest BCUT2D eigenvalue weighted by molar-refractivity contribution is 7.97. The summed E-state index contributed by atoms with van der Waals surface area (Å²) in [4.78, 5) is 4.41. The van der Waals surface area contributed by atoms with Gasteiger partial charge in [0.2, 0.25) is 0 Å². The first-order chi connectivity index (χ1) is 6.42. The lowest BCUT2D eigenvalue weighted by Crippen LogP contribution is -2.23. The first kappa shape index (κ1) is 8.63. The summed E-state index contributed by atoms with van der Waals surface area (Å²) >= 11 is 1.70. The summed E-state index contributed by atoms with van der Waals surface area (Å²) < 4.78 is 3.24. The number of aliphatic imine (C=N–C) groups is 1. The second-order valence-electron chi connectivity index (χ2n) is 2.87. The predicted molar refractivity (Wildman–Crippen MR) is 58.0 cm³/mol. The van der Waals surface area contributed by atoms with E-state index in [4.69, 9.17) is 0 Å². The van der Waals surface area contributed by atoms with Crippen molar-refractivity contribution in [3.63, 3.8) is 0 Å². The molecule has 2 rings (SSSR count). The van der Waals surface area contributed by atoms with Gasteiger partial charge in [-0.15, -0.1) is 0 Å². The van der Waals surface area contributed by atoms with Gasteiger partial charge in [-0.1, -0.05) is 24.3 Å². The Labute approximate surface area is 82.6 Å². The average molecular weight is 192 g/mol. The van der Waals surface area contributed by atoms with Crippen LogP contribution in [0, 0.1) is 0 Å². The van der Waals surface area contributed by atoms with E-state index >= 15 is 0 Å². The molecule has 0 bridgehead atoms. The van der Waals surface area contributed by atoms with Crippen molar-refractivity contribution < 1.29 is 0 Å². The summed E-state index contributed by atoms with van der Waals surface area (Å²) in [5.74, 6) is 2.05. The van der Waals surface area contributed by atoms with Crippen molar-refractivity contribution in [2.24, 2.45) is 4.99 Å². The quantitative estimate of drug-likeness (QED) is 0.690. The van der Waals surface area contributed by atoms with Gasteiger partial charge in [-0.3, -0.25) is 4.99 Å². The van der Waals surface area contributed by atoms with Crippen LogP contribution >= 0.6 is 11.9 Å². The van der Waals surface area contributed by atoms with Gasteiger partial charge in [0.1, 0.15) is 5.84 Å². The van der Waals surface area contributed by atoms with E-state index in [1.54, 1.807) is 11.9 Å². The Morgan fingerprint density at radius 1 is 1.46 bits per heavy atom. The van der Waals surface area contributed by atoms with Crippen molar-refractivity contribution in [2.75, 3.05) is 6.54 Å². The van der Waals surface area contributed by atoms with Gasteiger partial charge in [0, 0.05) is 17.9 Å². The molecule has 1 N–H and O–H groups in total. The Morgan fingerprint density at radius 2 is 2.31 bits per heavy atom. The van der Waals surface area contributed by atoms with Crippen molar-refractivity contribution in [3.05, 3.63) is 35.4 Å². The number of nitrogens with zero attached hydrogens (tertiary/aromatic N) is 1. The van der Waals surface area contributed by atoms with Gasteiger partial charge in [0.25, 0.3) is 0 Å². The molecule has 0 aliphatic carbocycles. The summed E-state index contributed by atoms with van der Waals surface area (Å²) in [7, 11) is 0. The van der Waals surface area contributed by atoms with E-state index in [0.717, 1.165) is 18.1 Å². The first-order valence-corrected chi connectivity index (χ1v) is 5.41. The third kappa shape index (κ3) is 1.70. The van der Waals surface area contributed by atoms with Gasteiger partial charge in [-0.2, -0.15) is 0 Å². The molecule has 1 aromatic rings. The Bertz CT molecular complexity index is 333. The molecular formula is C10H12N2S. The Kier molecular flexibility index (Phi) is 2.54. The lowest BCUT2D eigenvalue weighted by atomic mass is 10.1. The molecule has 2 nitrogen and oxygen atoms in total. The lowest BCUT2D eigenvalue weighted by Gasteiger charge is -2.18. The van der Waals surface area contributed by atoms with Crippen molar-refractivity contribution in [3.8, 4) is 0 Å². The highest BCUT2D eigenvalue weighted by Crippen LogP contribution is 2.20. The van der Waals surface area contributed by atoms with Crippen LogP contribution in [0.4, 0.5) is 0 Å². The average Bonchev–Trinajstić information content (AvgIpc) is 2.19. The van der Waals surface area contributed by atoms with Crippen molar-refractivity contribution in [2.45, 2.75) is 12.7 Å². The van der Waals surface area contributed by atoms with Gasteiger partial charge >= 0.3 is 0 Å². The highest BCUT2D eigenvalue weighted by Gasteiger charge is 2.13. The zero-order valence-corrected chi connectivity index (χ0v) is 8.40. The Balaban J connectivity index is 2.42. The van der Waals surface area contributed by atoms with Gasteiger partial charge in [-0.05, 0) is 24.4 Å². The minimum absolute atomic E-state index is 0.831. The largest absolute Gasteiger partial charge is 0.314 e. The van der Waals surface area contributed by atoms with Crippen LogP contribution in [0.1, 0.15) is 18.1 Å². The molecule has 0 saturated carbocycles. The fraction of sp³-hybridized carbons (Fsp3) is 0.300. The van der Waals surface area contributed by atoms with E-state index in [1.807, 2.05) is 0 Å². The number of benzene rings is 1. The number of rotatable bonds is 1. The second-order valence-corrected chi connectivity index (χ2v) is 3.65. The molecule has 0 aromatic heterocycles. The van der Waals surface area contributed by atoms with Crippen LogP contribution in [-0.4, -0.2) is 12.4 Å². The van der Waals surface area contributed by atoms with Crippen LogP contribution in [0.15, 0.2) is 29.3 Å². The number of hydrogen-bond acceptors (Lipinski definition) is 2. The Morgan fingerprint density at radius 3 is 3.15 bits per heavy atom. The van der Waals surface area contributed by atoms with Crippen LogP contribution in [-0.2, 0) is 5.75 Å². The molecule has 68 valence electrons. The molecule has 13 heavy (non-hydrogen) atoms. The number of hydrogen-bond donors (Lipinski definition) is 1. The standard InChI is InChI=1S/C10H12N2S/c1-2-11-10-9-6-4-3-5-8(9)7-13-12-10/h3-6H,2,7H2,1H3,(H,11,12). The number of nitrogens with one attached hydrogen (secondary N) is 1. The lowest BCUT2D eigenvalue weighted by molar-refractivity contribution is 1.10. The molecule has 0 atom stereocenters. The molecule has 0 saturated heterocycles. The minimum atomic E-state index is 0.831. The first-order valence-electron chi connectivity index (χ1n) is 4.42. The summed E-state index contributed by atoms with van der Waals surface area (Å²) in [6, 6.07) is 8.42. The maximum absolute atomic E-state index is 4.41. The summed E-state index contributed by atoms with van der Waals surface area (Å²) in [5.41, 5.74) is 2.63. The summed E-state index contributed by atoms with van der Waals surface area (Å²) in [6.07, 6.45) is 0. The van der Waals surface area contributed by atoms with Crippen LogP contribution in [0.25, 0.3) is 0 Å². The van der Waals surface area contributed by atoms with Crippen molar-refractivity contribution in [1.82, 2.24) is 4.72 Å². The van der Waals surface area contributed by atoms with Crippen molar-refractivity contribution in [1.29, 1.82) is 0 Å². The molecule has 1 aliphatic rings. The zero-order chi connectivity index (χ0) is 9.10. The monoisotopic (exact) mass is 192 g/mol. The smallest absolute Gasteiger partial charge is 0.138 e. The molecule has 0 radical (unpaired) electrons. The molecule has 0 spiro atoms. The second kappa shape index (κ2) is 3.83. The van der Waals surface area contributed by atoms with E-state index in [1.165, 1.54) is 11.1 Å². The summed E-state index contributed by atoms with van der Waals surface area (Å²) in [5, 5.41) is 0. The van der Waals surface area contributed by atoms with Crippen LogP contribution in [0.2, 0.25) is 0 Å². The normalized spacial score (nSPS) is 18.1. The molecule has 0 amide bonds. The zero-order valence-electron chi connectivity index (χ0n) is 7.58. The maximum atomic E-state index is 4.41. The van der Waals surface area contributed by atoms with E-state index in [9.17, 15) is 0 Å². The SMILES string of the molecule is CCN=C1NSCc2ccccc21. The van der Waals surface area contributed by atoms with Gasteiger partial charge in [0.15, 0.2) is 0 Å². The molecule has 0 unspecified atom stereocenters. The molecule has 1 aromatic carbocycles. The molecular weight excluding hydrogens is 180 g/mol. The molecule has 0 fully saturated rings. The van der Waals surface area contributed by atoms with Crippen LogP contribution in [0.3, 0.4) is 0 Å². The van der Waals surface area contributed by atoms with Crippen LogP contribution < -0.4 is 4.72 Å². The van der Waals surface area contributed by atoms with E-state index in [0.29, 0.717) is 0 Å². The van der Waals surface area contributed by atoms with E-state index in [-0.39, 0.29) is 0 Å².